The number of alkyl halides is 3. The van der Waals surface area contributed by atoms with Crippen molar-refractivity contribution in [3.05, 3.63) is 129 Å². The Hall–Kier alpha value is -4.06. The molecule has 4 aromatic rings. The Bertz CT molecular complexity index is 1820. The van der Waals surface area contributed by atoms with Crippen molar-refractivity contribution in [1.29, 1.82) is 0 Å². The summed E-state index contributed by atoms with van der Waals surface area (Å²) < 4.78 is 70.2. The van der Waals surface area contributed by atoms with Crippen molar-refractivity contribution in [2.75, 3.05) is 17.4 Å². The number of hydrogen-bond donors (Lipinski definition) is 1. The molecule has 4 rings (SSSR count). The summed E-state index contributed by atoms with van der Waals surface area (Å²) in [6.45, 7) is 2.68. The molecule has 0 aliphatic carbocycles. The minimum absolute atomic E-state index is 0.0401. The number of rotatable bonds is 13. The van der Waals surface area contributed by atoms with E-state index >= 15 is 0 Å². The van der Waals surface area contributed by atoms with Gasteiger partial charge in [-0.05, 0) is 61.4 Å². The van der Waals surface area contributed by atoms with E-state index in [-0.39, 0.29) is 33.6 Å². The standard InChI is InChI=1S/C35H34Cl2F3N3O4S/c1-3-19-41-34(45)32(20-25-9-5-4-6-10-25)42(22-29-30(36)13-8-14-31(29)37)33(44)23-43(27-12-7-11-26(21-27)35(38,39)40)48(46,47)28-17-15-24(2)16-18-28/h4-18,21,32H,3,19-20,22-23H2,1-2H3,(H,41,45). The van der Waals surface area contributed by atoms with Crippen LogP contribution in [0.15, 0.2) is 102 Å². The summed E-state index contributed by atoms with van der Waals surface area (Å²) in [6, 6.07) is 21.9. The van der Waals surface area contributed by atoms with Crippen LogP contribution in [0.25, 0.3) is 0 Å². The first-order valence-corrected chi connectivity index (χ1v) is 17.2. The fourth-order valence-corrected chi connectivity index (χ4v) is 6.90. The lowest BCUT2D eigenvalue weighted by Gasteiger charge is -2.34. The molecule has 48 heavy (non-hydrogen) atoms. The minimum Gasteiger partial charge on any atom is -0.354 e. The van der Waals surface area contributed by atoms with Crippen molar-refractivity contribution in [3.63, 3.8) is 0 Å². The van der Waals surface area contributed by atoms with Crippen LogP contribution in [-0.2, 0) is 38.8 Å². The molecule has 0 aliphatic heterocycles. The maximum absolute atomic E-state index is 14.5. The number of benzene rings is 4. The number of carbonyl (C=O) groups excluding carboxylic acids is 2. The molecule has 1 N–H and O–H groups in total. The lowest BCUT2D eigenvalue weighted by molar-refractivity contribution is -0.140. The number of carbonyl (C=O) groups is 2. The monoisotopic (exact) mass is 719 g/mol. The number of nitrogens with zero attached hydrogens (tertiary/aromatic N) is 2. The van der Waals surface area contributed by atoms with Crippen molar-refractivity contribution >= 4 is 50.7 Å². The van der Waals surface area contributed by atoms with E-state index in [1.807, 2.05) is 6.92 Å². The Kier molecular flexibility index (Phi) is 12.2. The van der Waals surface area contributed by atoms with E-state index in [4.69, 9.17) is 23.2 Å². The predicted molar refractivity (Wildman–Crippen MR) is 181 cm³/mol. The van der Waals surface area contributed by atoms with Crippen LogP contribution in [0.4, 0.5) is 18.9 Å². The number of halogens is 5. The van der Waals surface area contributed by atoms with Crippen molar-refractivity contribution in [2.45, 2.75) is 50.3 Å². The van der Waals surface area contributed by atoms with Crippen LogP contribution >= 0.6 is 23.2 Å². The first kappa shape index (κ1) is 36.8. The lowest BCUT2D eigenvalue weighted by Crippen LogP contribution is -2.53. The third-order valence-electron chi connectivity index (χ3n) is 7.56. The summed E-state index contributed by atoms with van der Waals surface area (Å²) in [4.78, 5) is 29.2. The highest BCUT2D eigenvalue weighted by molar-refractivity contribution is 7.92. The average molecular weight is 721 g/mol. The molecule has 1 atom stereocenters. The Morgan fingerprint density at radius 2 is 1.50 bits per heavy atom. The van der Waals surface area contributed by atoms with E-state index in [2.05, 4.69) is 5.32 Å². The minimum atomic E-state index is -4.79. The molecule has 0 fully saturated rings. The van der Waals surface area contributed by atoms with Gasteiger partial charge in [0.15, 0.2) is 0 Å². The Labute approximate surface area is 288 Å². The lowest BCUT2D eigenvalue weighted by atomic mass is 10.0. The quantitative estimate of drug-likeness (QED) is 0.154. The maximum Gasteiger partial charge on any atom is 0.416 e. The second-order valence-corrected chi connectivity index (χ2v) is 13.8. The van der Waals surface area contributed by atoms with Crippen molar-refractivity contribution in [3.8, 4) is 0 Å². The molecule has 0 bridgehead atoms. The molecule has 254 valence electrons. The van der Waals surface area contributed by atoms with Gasteiger partial charge in [-0.2, -0.15) is 13.2 Å². The SMILES string of the molecule is CCCNC(=O)C(Cc1ccccc1)N(Cc1c(Cl)cccc1Cl)C(=O)CN(c1cccc(C(F)(F)F)c1)S(=O)(=O)c1ccc(C)cc1. The van der Waals surface area contributed by atoms with Crippen molar-refractivity contribution < 1.29 is 31.2 Å². The first-order chi connectivity index (χ1) is 22.7. The van der Waals surface area contributed by atoms with Crippen LogP contribution in [-0.4, -0.2) is 44.3 Å². The number of sulfonamides is 1. The normalized spacial score (nSPS) is 12.3. The van der Waals surface area contributed by atoms with Gasteiger partial charge in [0.2, 0.25) is 11.8 Å². The van der Waals surface area contributed by atoms with Crippen LogP contribution in [0.5, 0.6) is 0 Å². The molecule has 0 heterocycles. The summed E-state index contributed by atoms with van der Waals surface area (Å²) in [7, 11) is -4.60. The average Bonchev–Trinajstić information content (AvgIpc) is 3.05. The molecule has 0 saturated carbocycles. The third-order valence-corrected chi connectivity index (χ3v) is 10.1. The van der Waals surface area contributed by atoms with E-state index < -0.39 is 46.2 Å². The number of anilines is 1. The molecular weight excluding hydrogens is 686 g/mol. The zero-order valence-corrected chi connectivity index (χ0v) is 28.5. The number of nitrogens with one attached hydrogen (secondary N) is 1. The first-order valence-electron chi connectivity index (χ1n) is 15.0. The predicted octanol–water partition coefficient (Wildman–Crippen LogP) is 7.68. The molecule has 1 unspecified atom stereocenters. The van der Waals surface area contributed by atoms with Crippen LogP contribution in [0, 0.1) is 6.92 Å². The van der Waals surface area contributed by atoms with Gasteiger partial charge in [0, 0.05) is 35.1 Å². The molecule has 13 heteroatoms. The zero-order valence-electron chi connectivity index (χ0n) is 26.2. The fraction of sp³-hybridized carbons (Fsp3) is 0.257. The van der Waals surface area contributed by atoms with E-state index in [0.29, 0.717) is 34.5 Å². The van der Waals surface area contributed by atoms with Gasteiger partial charge in [0.1, 0.15) is 12.6 Å². The summed E-state index contributed by atoms with van der Waals surface area (Å²) in [5.41, 5.74) is 0.281. The zero-order chi connectivity index (χ0) is 35.1. The van der Waals surface area contributed by atoms with Gasteiger partial charge in [0.05, 0.1) is 16.1 Å². The molecule has 0 spiro atoms. The van der Waals surface area contributed by atoms with Gasteiger partial charge in [0.25, 0.3) is 10.0 Å². The second kappa shape index (κ2) is 15.9. The highest BCUT2D eigenvalue weighted by atomic mass is 35.5. The van der Waals surface area contributed by atoms with E-state index in [9.17, 15) is 31.2 Å². The van der Waals surface area contributed by atoms with E-state index in [0.717, 1.165) is 17.7 Å². The van der Waals surface area contributed by atoms with Crippen LogP contribution in [0.3, 0.4) is 0 Å². The summed E-state index contributed by atoms with van der Waals surface area (Å²) in [5.74, 6) is -1.38. The van der Waals surface area contributed by atoms with Crippen molar-refractivity contribution in [2.24, 2.45) is 0 Å². The summed E-state index contributed by atoms with van der Waals surface area (Å²) in [6.07, 6.45) is -4.14. The molecule has 0 aromatic heterocycles. The highest BCUT2D eigenvalue weighted by Crippen LogP contribution is 2.34. The smallest absolute Gasteiger partial charge is 0.354 e. The van der Waals surface area contributed by atoms with Crippen molar-refractivity contribution in [1.82, 2.24) is 10.2 Å². The second-order valence-electron chi connectivity index (χ2n) is 11.1. The van der Waals surface area contributed by atoms with Crippen LogP contribution < -0.4 is 9.62 Å². The largest absolute Gasteiger partial charge is 0.416 e. The van der Waals surface area contributed by atoms with Gasteiger partial charge in [-0.15, -0.1) is 0 Å². The molecular formula is C35H34Cl2F3N3O4S. The Morgan fingerprint density at radius 1 is 0.875 bits per heavy atom. The Morgan fingerprint density at radius 3 is 2.10 bits per heavy atom. The number of hydrogen-bond acceptors (Lipinski definition) is 4. The molecule has 2 amide bonds. The van der Waals surface area contributed by atoms with Crippen LogP contribution in [0.1, 0.15) is 35.6 Å². The van der Waals surface area contributed by atoms with Crippen LogP contribution in [0.2, 0.25) is 10.0 Å². The third kappa shape index (κ3) is 9.09. The van der Waals surface area contributed by atoms with Gasteiger partial charge in [-0.3, -0.25) is 13.9 Å². The molecule has 0 radical (unpaired) electrons. The van der Waals surface area contributed by atoms with Gasteiger partial charge in [-0.1, -0.05) is 90.3 Å². The summed E-state index contributed by atoms with van der Waals surface area (Å²) in [5, 5.41) is 3.22. The van der Waals surface area contributed by atoms with Gasteiger partial charge in [-0.25, -0.2) is 8.42 Å². The van der Waals surface area contributed by atoms with E-state index in [1.165, 1.54) is 23.1 Å². The maximum atomic E-state index is 14.5. The molecule has 0 saturated heterocycles. The highest BCUT2D eigenvalue weighted by Gasteiger charge is 2.37. The number of aryl methyl sites for hydroxylation is 1. The van der Waals surface area contributed by atoms with Gasteiger partial charge < -0.3 is 10.2 Å². The topological polar surface area (TPSA) is 86.8 Å². The summed E-state index contributed by atoms with van der Waals surface area (Å²) >= 11 is 13.0. The van der Waals surface area contributed by atoms with Gasteiger partial charge >= 0.3 is 6.18 Å². The molecule has 0 aliphatic rings. The molecule has 7 nitrogen and oxygen atoms in total. The Balaban J connectivity index is 1.87. The fourth-order valence-electron chi connectivity index (χ4n) is 4.98. The number of amides is 2. The van der Waals surface area contributed by atoms with E-state index in [1.54, 1.807) is 67.6 Å². The molecule has 4 aromatic carbocycles.